The third-order valence-corrected chi connectivity index (χ3v) is 4.52. The predicted molar refractivity (Wildman–Crippen MR) is 95.5 cm³/mol. The molecular weight excluding hydrogens is 300 g/mol. The van der Waals surface area contributed by atoms with Crippen LogP contribution in [0.3, 0.4) is 0 Å². The van der Waals surface area contributed by atoms with Crippen LogP contribution in [-0.2, 0) is 17.6 Å². The van der Waals surface area contributed by atoms with Crippen molar-refractivity contribution in [3.05, 3.63) is 59.4 Å². The first kappa shape index (κ1) is 16.5. The molecule has 1 amide bonds. The van der Waals surface area contributed by atoms with Crippen molar-refractivity contribution in [2.24, 2.45) is 0 Å². The number of aromatic nitrogens is 1. The van der Waals surface area contributed by atoms with Gasteiger partial charge in [0, 0.05) is 25.3 Å². The molecule has 1 fully saturated rings. The second kappa shape index (κ2) is 7.45. The second-order valence-electron chi connectivity index (χ2n) is 6.16. The molecule has 126 valence electrons. The van der Waals surface area contributed by atoms with E-state index in [2.05, 4.69) is 41.5 Å². The molecule has 2 heterocycles. The normalized spacial score (nSPS) is 17.7. The summed E-state index contributed by atoms with van der Waals surface area (Å²) in [4.78, 5) is 19.0. The van der Waals surface area contributed by atoms with Gasteiger partial charge < -0.3 is 16.0 Å². The van der Waals surface area contributed by atoms with E-state index in [0.29, 0.717) is 18.7 Å². The number of hydrogen-bond acceptors (Lipinski definition) is 4. The summed E-state index contributed by atoms with van der Waals surface area (Å²) in [6.45, 7) is 4.47. The number of nitrogen functional groups attached to an aromatic ring is 1. The molecule has 24 heavy (non-hydrogen) atoms. The number of carbonyl (C=O) groups is 1. The number of hydrogen-bond donors (Lipinski definition) is 2. The van der Waals surface area contributed by atoms with E-state index in [0.717, 1.165) is 25.2 Å². The highest BCUT2D eigenvalue weighted by Gasteiger charge is 2.27. The van der Waals surface area contributed by atoms with Gasteiger partial charge in [0.05, 0.1) is 24.3 Å². The second-order valence-corrected chi connectivity index (χ2v) is 6.16. The van der Waals surface area contributed by atoms with Crippen molar-refractivity contribution in [1.82, 2.24) is 15.2 Å². The minimum atomic E-state index is 0.0749. The number of anilines is 1. The first-order valence-electron chi connectivity index (χ1n) is 8.47. The lowest BCUT2D eigenvalue weighted by atomic mass is 10.0. The fourth-order valence-electron chi connectivity index (χ4n) is 3.07. The average Bonchev–Trinajstić information content (AvgIpc) is 2.63. The summed E-state index contributed by atoms with van der Waals surface area (Å²) in [5.41, 5.74) is 9.52. The largest absolute Gasteiger partial charge is 0.397 e. The van der Waals surface area contributed by atoms with E-state index in [4.69, 9.17) is 5.73 Å². The SMILES string of the molecule is CCc1ccc(C2CNCCN2C(=O)Cc2ccc(N)cn2)cc1. The van der Waals surface area contributed by atoms with Crippen LogP contribution in [0, 0.1) is 0 Å². The molecule has 0 radical (unpaired) electrons. The highest BCUT2D eigenvalue weighted by Crippen LogP contribution is 2.23. The van der Waals surface area contributed by atoms with E-state index in [9.17, 15) is 4.79 Å². The van der Waals surface area contributed by atoms with Crippen molar-refractivity contribution in [1.29, 1.82) is 0 Å². The molecule has 2 aromatic rings. The topological polar surface area (TPSA) is 71.2 Å². The molecule has 1 aromatic carbocycles. The predicted octanol–water partition coefficient (Wildman–Crippen LogP) is 1.94. The van der Waals surface area contributed by atoms with Gasteiger partial charge >= 0.3 is 0 Å². The van der Waals surface area contributed by atoms with Crippen LogP contribution in [0.15, 0.2) is 42.6 Å². The van der Waals surface area contributed by atoms with Crippen molar-refractivity contribution in [3.63, 3.8) is 0 Å². The number of carbonyl (C=O) groups excluding carboxylic acids is 1. The van der Waals surface area contributed by atoms with Gasteiger partial charge in [0.15, 0.2) is 0 Å². The Bertz CT molecular complexity index is 682. The molecule has 1 saturated heterocycles. The van der Waals surface area contributed by atoms with Crippen molar-refractivity contribution >= 4 is 11.6 Å². The molecule has 0 spiro atoms. The number of piperazine rings is 1. The molecule has 1 aliphatic heterocycles. The molecule has 1 atom stereocenters. The summed E-state index contributed by atoms with van der Waals surface area (Å²) in [6, 6.07) is 12.2. The Hall–Kier alpha value is -2.40. The van der Waals surface area contributed by atoms with Crippen molar-refractivity contribution in [3.8, 4) is 0 Å². The quantitative estimate of drug-likeness (QED) is 0.902. The zero-order valence-corrected chi connectivity index (χ0v) is 14.0. The van der Waals surface area contributed by atoms with E-state index in [1.54, 1.807) is 12.3 Å². The molecule has 5 nitrogen and oxygen atoms in total. The Kier molecular flexibility index (Phi) is 5.11. The van der Waals surface area contributed by atoms with Crippen molar-refractivity contribution in [2.45, 2.75) is 25.8 Å². The minimum Gasteiger partial charge on any atom is -0.397 e. The van der Waals surface area contributed by atoms with Gasteiger partial charge in [-0.15, -0.1) is 0 Å². The lowest BCUT2D eigenvalue weighted by Crippen LogP contribution is -2.49. The Morgan fingerprint density at radius 2 is 2.08 bits per heavy atom. The number of nitrogens with one attached hydrogen (secondary N) is 1. The highest BCUT2D eigenvalue weighted by molar-refractivity contribution is 5.79. The van der Waals surface area contributed by atoms with Crippen molar-refractivity contribution in [2.75, 3.05) is 25.4 Å². The lowest BCUT2D eigenvalue weighted by molar-refractivity contribution is -0.133. The van der Waals surface area contributed by atoms with Crippen LogP contribution in [0.25, 0.3) is 0 Å². The zero-order chi connectivity index (χ0) is 16.9. The zero-order valence-electron chi connectivity index (χ0n) is 14.0. The molecule has 0 bridgehead atoms. The van der Waals surface area contributed by atoms with Crippen molar-refractivity contribution < 1.29 is 4.79 Å². The number of amides is 1. The van der Waals surface area contributed by atoms with Gasteiger partial charge in [-0.2, -0.15) is 0 Å². The molecule has 0 saturated carbocycles. The smallest absolute Gasteiger partial charge is 0.229 e. The summed E-state index contributed by atoms with van der Waals surface area (Å²) >= 11 is 0. The summed E-state index contributed by atoms with van der Waals surface area (Å²) in [5.74, 6) is 0.110. The maximum atomic E-state index is 12.8. The van der Waals surface area contributed by atoms with Crippen LogP contribution in [0.4, 0.5) is 5.69 Å². The summed E-state index contributed by atoms with van der Waals surface area (Å²) in [7, 11) is 0. The Morgan fingerprint density at radius 3 is 2.75 bits per heavy atom. The molecule has 3 rings (SSSR count). The molecule has 5 heteroatoms. The summed E-state index contributed by atoms with van der Waals surface area (Å²) in [5, 5.41) is 3.39. The Labute approximate surface area is 142 Å². The fourth-order valence-corrected chi connectivity index (χ4v) is 3.07. The Balaban J connectivity index is 1.75. The molecule has 3 N–H and O–H groups in total. The van der Waals surface area contributed by atoms with Gasteiger partial charge in [0.2, 0.25) is 5.91 Å². The van der Waals surface area contributed by atoms with E-state index in [1.165, 1.54) is 11.1 Å². The maximum absolute atomic E-state index is 12.8. The van der Waals surface area contributed by atoms with Gasteiger partial charge in [-0.3, -0.25) is 9.78 Å². The first-order valence-corrected chi connectivity index (χ1v) is 8.47. The van der Waals surface area contributed by atoms with Crippen LogP contribution in [-0.4, -0.2) is 35.4 Å². The lowest BCUT2D eigenvalue weighted by Gasteiger charge is -2.36. The van der Waals surface area contributed by atoms with Crippen LogP contribution in [0.2, 0.25) is 0 Å². The van der Waals surface area contributed by atoms with Crippen LogP contribution >= 0.6 is 0 Å². The minimum absolute atomic E-state index is 0.0749. The molecule has 0 aliphatic carbocycles. The van der Waals surface area contributed by atoms with E-state index >= 15 is 0 Å². The molecular formula is C19H24N4O. The van der Waals surface area contributed by atoms with Gasteiger partial charge in [0.25, 0.3) is 0 Å². The number of nitrogens with zero attached hydrogens (tertiary/aromatic N) is 2. The summed E-state index contributed by atoms with van der Waals surface area (Å²) < 4.78 is 0. The number of nitrogens with two attached hydrogens (primary N) is 1. The third kappa shape index (κ3) is 3.74. The number of rotatable bonds is 4. The number of benzene rings is 1. The van der Waals surface area contributed by atoms with E-state index in [1.807, 2.05) is 11.0 Å². The molecule has 1 aliphatic rings. The molecule has 1 unspecified atom stereocenters. The number of pyridine rings is 1. The highest BCUT2D eigenvalue weighted by atomic mass is 16.2. The van der Waals surface area contributed by atoms with Gasteiger partial charge in [-0.25, -0.2) is 0 Å². The number of aryl methyl sites for hydroxylation is 1. The Morgan fingerprint density at radius 1 is 1.29 bits per heavy atom. The van der Waals surface area contributed by atoms with Crippen LogP contribution in [0.5, 0.6) is 0 Å². The average molecular weight is 324 g/mol. The van der Waals surface area contributed by atoms with Gasteiger partial charge in [-0.05, 0) is 29.7 Å². The maximum Gasteiger partial charge on any atom is 0.229 e. The van der Waals surface area contributed by atoms with E-state index < -0.39 is 0 Å². The standard InChI is InChI=1S/C19H24N4O/c1-2-14-3-5-15(6-4-14)18-13-21-9-10-23(18)19(24)11-17-8-7-16(20)12-22-17/h3-8,12,18,21H,2,9-11,13,20H2,1H3. The first-order chi connectivity index (χ1) is 11.7. The van der Waals surface area contributed by atoms with E-state index in [-0.39, 0.29) is 11.9 Å². The monoisotopic (exact) mass is 324 g/mol. The van der Waals surface area contributed by atoms with Crippen LogP contribution < -0.4 is 11.1 Å². The fraction of sp³-hybridized carbons (Fsp3) is 0.368. The van der Waals surface area contributed by atoms with Gasteiger partial charge in [-0.1, -0.05) is 31.2 Å². The summed E-state index contributed by atoms with van der Waals surface area (Å²) in [6.07, 6.45) is 2.93. The molecule has 1 aromatic heterocycles. The third-order valence-electron chi connectivity index (χ3n) is 4.52. The van der Waals surface area contributed by atoms with Gasteiger partial charge in [0.1, 0.15) is 0 Å². The van der Waals surface area contributed by atoms with Crippen LogP contribution in [0.1, 0.15) is 29.8 Å².